The van der Waals surface area contributed by atoms with Crippen molar-refractivity contribution in [2.75, 3.05) is 0 Å². The van der Waals surface area contributed by atoms with Crippen LogP contribution in [0.4, 0.5) is 10.1 Å². The van der Waals surface area contributed by atoms with Gasteiger partial charge in [-0.15, -0.1) is 11.3 Å². The zero-order valence-corrected chi connectivity index (χ0v) is 8.23. The van der Waals surface area contributed by atoms with E-state index in [1.54, 1.807) is 0 Å². The molecule has 0 N–H and O–H groups in total. The first-order valence-electron chi connectivity index (χ1n) is 3.61. The second kappa shape index (κ2) is 3.18. The van der Waals surface area contributed by atoms with Crippen molar-refractivity contribution in [1.29, 1.82) is 0 Å². The molecule has 2 rings (SSSR count). The van der Waals surface area contributed by atoms with Crippen molar-refractivity contribution >= 4 is 38.7 Å². The fourth-order valence-electron chi connectivity index (χ4n) is 1.17. The van der Waals surface area contributed by atoms with E-state index in [4.69, 9.17) is 11.6 Å². The van der Waals surface area contributed by atoms with Crippen LogP contribution in [0.1, 0.15) is 0 Å². The number of nitro groups is 1. The Morgan fingerprint density at radius 3 is 2.79 bits per heavy atom. The predicted molar refractivity (Wildman–Crippen MR) is 53.4 cm³/mol. The number of rotatable bonds is 1. The summed E-state index contributed by atoms with van der Waals surface area (Å²) in [5.74, 6) is -0.605. The van der Waals surface area contributed by atoms with Crippen molar-refractivity contribution < 1.29 is 9.31 Å². The molecule has 0 aliphatic rings. The molecule has 0 saturated heterocycles. The summed E-state index contributed by atoms with van der Waals surface area (Å²) < 4.78 is 14.0. The maximum atomic E-state index is 13.3. The first-order valence-corrected chi connectivity index (χ1v) is 4.80. The molecule has 0 aliphatic heterocycles. The molecule has 1 aromatic heterocycles. The minimum Gasteiger partial charge on any atom is -0.258 e. The van der Waals surface area contributed by atoms with E-state index in [0.717, 1.165) is 17.4 Å². The topological polar surface area (TPSA) is 43.1 Å². The Morgan fingerprint density at radius 2 is 2.14 bits per heavy atom. The molecule has 0 unspecified atom stereocenters. The van der Waals surface area contributed by atoms with Crippen molar-refractivity contribution in [1.82, 2.24) is 0 Å². The molecule has 0 atom stereocenters. The highest BCUT2D eigenvalue weighted by molar-refractivity contribution is 7.22. The summed E-state index contributed by atoms with van der Waals surface area (Å²) in [4.78, 5) is 9.78. The summed E-state index contributed by atoms with van der Waals surface area (Å²) in [7, 11) is 0. The van der Waals surface area contributed by atoms with Gasteiger partial charge in [0.05, 0.1) is 20.0 Å². The lowest BCUT2D eigenvalue weighted by Crippen LogP contribution is -1.88. The first kappa shape index (κ1) is 9.36. The summed E-state index contributed by atoms with van der Waals surface area (Å²) in [6.07, 6.45) is 0. The second-order valence-electron chi connectivity index (χ2n) is 2.65. The lowest BCUT2D eigenvalue weighted by atomic mass is 10.2. The Bertz CT molecular complexity index is 525. The van der Waals surface area contributed by atoms with Crippen molar-refractivity contribution in [2.45, 2.75) is 0 Å². The van der Waals surface area contributed by atoms with Gasteiger partial charge < -0.3 is 0 Å². The van der Waals surface area contributed by atoms with Crippen LogP contribution < -0.4 is 0 Å². The average Bonchev–Trinajstić information content (AvgIpc) is 2.45. The summed E-state index contributed by atoms with van der Waals surface area (Å²) >= 11 is 6.74. The van der Waals surface area contributed by atoms with Crippen molar-refractivity contribution in [3.8, 4) is 0 Å². The van der Waals surface area contributed by atoms with Crippen LogP contribution in [0.5, 0.6) is 0 Å². The fourth-order valence-corrected chi connectivity index (χ4v) is 2.29. The van der Waals surface area contributed by atoms with E-state index in [1.807, 2.05) is 0 Å². The quantitative estimate of drug-likeness (QED) is 0.556. The van der Waals surface area contributed by atoms with E-state index in [0.29, 0.717) is 14.4 Å². The smallest absolute Gasteiger partial charge is 0.258 e. The zero-order valence-electron chi connectivity index (χ0n) is 6.66. The molecule has 6 heteroatoms. The normalized spacial score (nSPS) is 10.7. The number of thiophene rings is 1. The Hall–Kier alpha value is -1.20. The summed E-state index contributed by atoms with van der Waals surface area (Å²) in [6.45, 7) is 0. The number of non-ortho nitro benzene ring substituents is 1. The minimum absolute atomic E-state index is 0.260. The monoisotopic (exact) mass is 231 g/mol. The number of halogens is 2. The van der Waals surface area contributed by atoms with E-state index < -0.39 is 10.7 Å². The SMILES string of the molecule is O=[N+]([O-])c1cc(F)c2sc(Cl)cc2c1. The molecule has 2 aromatic rings. The maximum Gasteiger partial charge on any atom is 0.273 e. The molecule has 0 aliphatic carbocycles. The molecule has 0 bridgehead atoms. The molecule has 1 heterocycles. The van der Waals surface area contributed by atoms with Gasteiger partial charge in [0.15, 0.2) is 0 Å². The lowest BCUT2D eigenvalue weighted by Gasteiger charge is -1.93. The summed E-state index contributed by atoms with van der Waals surface area (Å²) in [5.41, 5.74) is -0.260. The van der Waals surface area contributed by atoms with E-state index >= 15 is 0 Å². The Labute approximate surface area is 86.9 Å². The summed E-state index contributed by atoms with van der Waals surface area (Å²) in [5, 5.41) is 10.9. The molecule has 0 spiro atoms. The van der Waals surface area contributed by atoms with Crippen LogP contribution in [0, 0.1) is 15.9 Å². The number of fused-ring (bicyclic) bond motifs is 1. The highest BCUT2D eigenvalue weighted by atomic mass is 35.5. The van der Waals surface area contributed by atoms with E-state index in [-0.39, 0.29) is 5.69 Å². The number of hydrogen-bond acceptors (Lipinski definition) is 3. The molecule has 0 amide bonds. The average molecular weight is 232 g/mol. The van der Waals surface area contributed by atoms with E-state index in [9.17, 15) is 14.5 Å². The highest BCUT2D eigenvalue weighted by Gasteiger charge is 2.13. The van der Waals surface area contributed by atoms with Crippen LogP contribution in [-0.2, 0) is 0 Å². The second-order valence-corrected chi connectivity index (χ2v) is 4.34. The fraction of sp³-hybridized carbons (Fsp3) is 0. The molecule has 0 fully saturated rings. The summed E-state index contributed by atoms with van der Waals surface area (Å²) in [6, 6.07) is 3.72. The molecule has 1 aromatic carbocycles. The van der Waals surface area contributed by atoms with Gasteiger partial charge in [-0.1, -0.05) is 11.6 Å². The van der Waals surface area contributed by atoms with Crippen LogP contribution in [0.3, 0.4) is 0 Å². The van der Waals surface area contributed by atoms with Crippen LogP contribution in [0.25, 0.3) is 10.1 Å². The number of hydrogen-bond donors (Lipinski definition) is 0. The van der Waals surface area contributed by atoms with Crippen molar-refractivity contribution in [3.63, 3.8) is 0 Å². The molecule has 0 saturated carbocycles. The minimum atomic E-state index is -0.631. The van der Waals surface area contributed by atoms with Crippen LogP contribution in [0.15, 0.2) is 18.2 Å². The van der Waals surface area contributed by atoms with Crippen molar-refractivity contribution in [2.24, 2.45) is 0 Å². The third kappa shape index (κ3) is 1.44. The molecular formula is C8H3ClFNO2S. The Balaban J connectivity index is 2.77. The van der Waals surface area contributed by atoms with Gasteiger partial charge in [0.2, 0.25) is 0 Å². The number of nitrogens with zero attached hydrogens (tertiary/aromatic N) is 1. The zero-order chi connectivity index (χ0) is 10.3. The molecular weight excluding hydrogens is 229 g/mol. The Morgan fingerprint density at radius 1 is 1.43 bits per heavy atom. The molecule has 72 valence electrons. The third-order valence-corrected chi connectivity index (χ3v) is 3.02. The van der Waals surface area contributed by atoms with Gasteiger partial charge in [-0.2, -0.15) is 0 Å². The van der Waals surface area contributed by atoms with Crippen LogP contribution in [-0.4, -0.2) is 4.92 Å². The largest absolute Gasteiger partial charge is 0.273 e. The van der Waals surface area contributed by atoms with Gasteiger partial charge in [0.1, 0.15) is 5.82 Å². The van der Waals surface area contributed by atoms with Gasteiger partial charge in [0.25, 0.3) is 5.69 Å². The highest BCUT2D eigenvalue weighted by Crippen LogP contribution is 2.33. The van der Waals surface area contributed by atoms with Gasteiger partial charge in [-0.3, -0.25) is 10.1 Å². The molecule has 0 radical (unpaired) electrons. The molecule has 3 nitrogen and oxygen atoms in total. The van der Waals surface area contributed by atoms with Gasteiger partial charge in [-0.25, -0.2) is 4.39 Å². The Kier molecular flexibility index (Phi) is 2.13. The standard InChI is InChI=1S/C8H3ClFNO2S/c9-7-2-4-1-5(11(12)13)3-6(10)8(4)14-7/h1-3H. The van der Waals surface area contributed by atoms with Gasteiger partial charge in [-0.05, 0) is 6.07 Å². The van der Waals surface area contributed by atoms with Crippen LogP contribution in [0.2, 0.25) is 4.34 Å². The lowest BCUT2D eigenvalue weighted by molar-refractivity contribution is -0.384. The molecule has 14 heavy (non-hydrogen) atoms. The van der Waals surface area contributed by atoms with Gasteiger partial charge in [0, 0.05) is 11.5 Å². The number of benzene rings is 1. The maximum absolute atomic E-state index is 13.3. The van der Waals surface area contributed by atoms with E-state index in [1.165, 1.54) is 12.1 Å². The first-order chi connectivity index (χ1) is 6.58. The van der Waals surface area contributed by atoms with Crippen molar-refractivity contribution in [3.05, 3.63) is 38.5 Å². The third-order valence-electron chi connectivity index (χ3n) is 1.74. The van der Waals surface area contributed by atoms with Gasteiger partial charge >= 0.3 is 0 Å². The number of nitro benzene ring substituents is 1. The van der Waals surface area contributed by atoms with Crippen LogP contribution >= 0.6 is 22.9 Å². The van der Waals surface area contributed by atoms with E-state index in [2.05, 4.69) is 0 Å². The predicted octanol–water partition coefficient (Wildman–Crippen LogP) is 3.60.